The van der Waals surface area contributed by atoms with Gasteiger partial charge in [-0.2, -0.15) is 0 Å². The molecule has 1 aromatic rings. The molecular formula is C17H23N3O2. The standard InChI is InChI=1S/C17H23N3O2/c1-13-12-17(2,22-19-13)16(21)18-9-11-20-10-5-7-14-6-3-4-8-15(14)20/h3-4,6,8H,5,7,9-12H2,1-2H3,(H,18,21). The zero-order valence-corrected chi connectivity index (χ0v) is 13.3. The summed E-state index contributed by atoms with van der Waals surface area (Å²) in [5.41, 5.74) is 2.72. The van der Waals surface area contributed by atoms with Crippen LogP contribution in [0.3, 0.4) is 0 Å². The van der Waals surface area contributed by atoms with E-state index in [0.717, 1.165) is 25.2 Å². The highest BCUT2D eigenvalue weighted by Crippen LogP contribution is 2.26. The van der Waals surface area contributed by atoms with Crippen molar-refractivity contribution in [2.75, 3.05) is 24.5 Å². The van der Waals surface area contributed by atoms with Crippen LogP contribution in [0.5, 0.6) is 0 Å². The third kappa shape index (κ3) is 2.93. The molecule has 0 aliphatic carbocycles. The van der Waals surface area contributed by atoms with Crippen molar-refractivity contribution in [3.8, 4) is 0 Å². The second-order valence-corrected chi connectivity index (χ2v) is 6.30. The highest BCUT2D eigenvalue weighted by atomic mass is 16.7. The third-order valence-corrected chi connectivity index (χ3v) is 4.35. The van der Waals surface area contributed by atoms with Gasteiger partial charge in [-0.1, -0.05) is 23.4 Å². The van der Waals surface area contributed by atoms with Crippen LogP contribution in [0.4, 0.5) is 5.69 Å². The number of benzene rings is 1. The Morgan fingerprint density at radius 1 is 1.45 bits per heavy atom. The number of rotatable bonds is 4. The number of amides is 1. The Balaban J connectivity index is 1.53. The van der Waals surface area contributed by atoms with Crippen molar-refractivity contribution in [1.29, 1.82) is 0 Å². The molecule has 2 heterocycles. The highest BCUT2D eigenvalue weighted by molar-refractivity contribution is 5.94. The lowest BCUT2D eigenvalue weighted by Crippen LogP contribution is -2.47. The Hall–Kier alpha value is -2.04. The fraction of sp³-hybridized carbons (Fsp3) is 0.529. The Morgan fingerprint density at radius 3 is 3.05 bits per heavy atom. The molecule has 1 unspecified atom stereocenters. The molecule has 1 atom stereocenters. The molecule has 2 aliphatic rings. The number of hydrogen-bond acceptors (Lipinski definition) is 4. The van der Waals surface area contributed by atoms with E-state index >= 15 is 0 Å². The molecule has 118 valence electrons. The van der Waals surface area contributed by atoms with Crippen molar-refractivity contribution in [3.05, 3.63) is 29.8 Å². The molecular weight excluding hydrogens is 278 g/mol. The van der Waals surface area contributed by atoms with Crippen LogP contribution in [0, 0.1) is 0 Å². The molecule has 3 rings (SSSR count). The van der Waals surface area contributed by atoms with Gasteiger partial charge < -0.3 is 15.1 Å². The van der Waals surface area contributed by atoms with E-state index in [9.17, 15) is 4.79 Å². The normalized spacial score (nSPS) is 23.5. The first kappa shape index (κ1) is 14.9. The molecule has 0 aromatic heterocycles. The molecule has 1 amide bonds. The molecule has 0 saturated carbocycles. The summed E-state index contributed by atoms with van der Waals surface area (Å²) in [4.78, 5) is 19.9. The summed E-state index contributed by atoms with van der Waals surface area (Å²) in [6.07, 6.45) is 2.87. The quantitative estimate of drug-likeness (QED) is 0.926. The number of hydrogen-bond donors (Lipinski definition) is 1. The number of nitrogens with one attached hydrogen (secondary N) is 1. The molecule has 0 radical (unpaired) electrons. The number of carbonyl (C=O) groups excluding carboxylic acids is 1. The van der Waals surface area contributed by atoms with Gasteiger partial charge in [0.1, 0.15) is 0 Å². The summed E-state index contributed by atoms with van der Waals surface area (Å²) in [6.45, 7) is 6.15. The predicted octanol–water partition coefficient (Wildman–Crippen LogP) is 2.11. The zero-order valence-electron chi connectivity index (χ0n) is 13.3. The van der Waals surface area contributed by atoms with Gasteiger partial charge in [-0.15, -0.1) is 0 Å². The second kappa shape index (κ2) is 5.99. The molecule has 5 nitrogen and oxygen atoms in total. The topological polar surface area (TPSA) is 53.9 Å². The Bertz CT molecular complexity index is 599. The highest BCUT2D eigenvalue weighted by Gasteiger charge is 2.40. The fourth-order valence-corrected chi connectivity index (χ4v) is 3.19. The Morgan fingerprint density at radius 2 is 2.27 bits per heavy atom. The molecule has 1 N–H and O–H groups in total. The minimum atomic E-state index is -0.843. The van der Waals surface area contributed by atoms with Gasteiger partial charge in [-0.05, 0) is 38.3 Å². The lowest BCUT2D eigenvalue weighted by Gasteiger charge is -2.31. The lowest BCUT2D eigenvalue weighted by molar-refractivity contribution is -0.141. The Labute approximate surface area is 131 Å². The van der Waals surface area contributed by atoms with Gasteiger partial charge in [-0.25, -0.2) is 0 Å². The molecule has 0 fully saturated rings. The first-order valence-corrected chi connectivity index (χ1v) is 7.91. The average molecular weight is 301 g/mol. The summed E-state index contributed by atoms with van der Waals surface area (Å²) >= 11 is 0. The van der Waals surface area contributed by atoms with E-state index in [0.29, 0.717) is 13.0 Å². The van der Waals surface area contributed by atoms with Crippen LogP contribution in [0.2, 0.25) is 0 Å². The minimum Gasteiger partial charge on any atom is -0.379 e. The van der Waals surface area contributed by atoms with Crippen molar-refractivity contribution in [2.45, 2.75) is 38.7 Å². The molecule has 0 bridgehead atoms. The summed E-state index contributed by atoms with van der Waals surface area (Å²) in [5.74, 6) is -0.0848. The predicted molar refractivity (Wildman–Crippen MR) is 87.2 cm³/mol. The average Bonchev–Trinajstić information content (AvgIpc) is 2.88. The maximum Gasteiger partial charge on any atom is 0.267 e. The lowest BCUT2D eigenvalue weighted by atomic mass is 9.99. The second-order valence-electron chi connectivity index (χ2n) is 6.30. The molecule has 0 saturated heterocycles. The summed E-state index contributed by atoms with van der Waals surface area (Å²) in [6, 6.07) is 8.51. The number of aryl methyl sites for hydroxylation is 1. The number of anilines is 1. The van der Waals surface area contributed by atoms with Crippen molar-refractivity contribution in [1.82, 2.24) is 5.32 Å². The monoisotopic (exact) mass is 301 g/mol. The van der Waals surface area contributed by atoms with Gasteiger partial charge in [0.05, 0.1) is 5.71 Å². The molecule has 0 spiro atoms. The van der Waals surface area contributed by atoms with Crippen molar-refractivity contribution in [3.63, 3.8) is 0 Å². The van der Waals surface area contributed by atoms with Gasteiger partial charge in [0.15, 0.2) is 0 Å². The van der Waals surface area contributed by atoms with E-state index < -0.39 is 5.60 Å². The van der Waals surface area contributed by atoms with Crippen molar-refractivity contribution < 1.29 is 9.63 Å². The number of carbonyl (C=O) groups is 1. The number of para-hydroxylation sites is 1. The minimum absolute atomic E-state index is 0.0848. The number of oxime groups is 1. The summed E-state index contributed by atoms with van der Waals surface area (Å²) in [7, 11) is 0. The van der Waals surface area contributed by atoms with Crippen molar-refractivity contribution in [2.24, 2.45) is 5.16 Å². The van der Waals surface area contributed by atoms with E-state index in [1.54, 1.807) is 6.92 Å². The van der Waals surface area contributed by atoms with Crippen LogP contribution in [-0.4, -0.2) is 36.9 Å². The summed E-state index contributed by atoms with van der Waals surface area (Å²) < 4.78 is 0. The van der Waals surface area contributed by atoms with Gasteiger partial charge >= 0.3 is 0 Å². The van der Waals surface area contributed by atoms with Crippen LogP contribution in [-0.2, 0) is 16.1 Å². The summed E-state index contributed by atoms with van der Waals surface area (Å²) in [5, 5.41) is 6.87. The molecule has 1 aromatic carbocycles. The van der Waals surface area contributed by atoms with Crippen molar-refractivity contribution >= 4 is 17.3 Å². The third-order valence-electron chi connectivity index (χ3n) is 4.35. The van der Waals surface area contributed by atoms with Crippen LogP contribution < -0.4 is 10.2 Å². The van der Waals surface area contributed by atoms with E-state index in [1.165, 1.54) is 17.7 Å². The maximum absolute atomic E-state index is 12.3. The van der Waals surface area contributed by atoms with Gasteiger partial charge in [0, 0.05) is 31.7 Å². The van der Waals surface area contributed by atoms with Crippen LogP contribution >= 0.6 is 0 Å². The zero-order chi connectivity index (χ0) is 15.6. The maximum atomic E-state index is 12.3. The molecule has 2 aliphatic heterocycles. The van der Waals surface area contributed by atoms with Gasteiger partial charge in [-0.3, -0.25) is 4.79 Å². The van der Waals surface area contributed by atoms with Crippen LogP contribution in [0.15, 0.2) is 29.4 Å². The first-order valence-electron chi connectivity index (χ1n) is 7.91. The number of nitrogens with zero attached hydrogens (tertiary/aromatic N) is 2. The largest absolute Gasteiger partial charge is 0.379 e. The van der Waals surface area contributed by atoms with Gasteiger partial charge in [0.2, 0.25) is 5.60 Å². The SMILES string of the molecule is CC1=NOC(C)(C(=O)NCCN2CCCc3ccccc32)C1. The van der Waals surface area contributed by atoms with E-state index in [-0.39, 0.29) is 5.91 Å². The van der Waals surface area contributed by atoms with E-state index in [1.807, 2.05) is 6.92 Å². The molecule has 5 heteroatoms. The fourth-order valence-electron chi connectivity index (χ4n) is 3.19. The smallest absolute Gasteiger partial charge is 0.267 e. The van der Waals surface area contributed by atoms with Gasteiger partial charge in [0.25, 0.3) is 5.91 Å². The Kier molecular flexibility index (Phi) is 4.05. The number of fused-ring (bicyclic) bond motifs is 1. The van der Waals surface area contributed by atoms with E-state index in [4.69, 9.17) is 4.84 Å². The molecule has 22 heavy (non-hydrogen) atoms. The first-order chi connectivity index (χ1) is 10.6. The van der Waals surface area contributed by atoms with E-state index in [2.05, 4.69) is 39.6 Å². The van der Waals surface area contributed by atoms with Crippen LogP contribution in [0.25, 0.3) is 0 Å². The van der Waals surface area contributed by atoms with Crippen LogP contribution in [0.1, 0.15) is 32.3 Å².